The number of aromatic nitrogens is 1. The number of rotatable bonds is 2. The van der Waals surface area contributed by atoms with Gasteiger partial charge in [-0.25, -0.2) is 9.78 Å². The summed E-state index contributed by atoms with van der Waals surface area (Å²) in [6.45, 7) is 0. The highest BCUT2D eigenvalue weighted by Gasteiger charge is 2.02. The van der Waals surface area contributed by atoms with E-state index >= 15 is 0 Å². The fraction of sp³-hybridized carbons (Fsp3) is 0. The molecule has 0 aliphatic carbocycles. The average Bonchev–Trinajstić information content (AvgIpc) is 2.42. The summed E-state index contributed by atoms with van der Waals surface area (Å²) in [5.74, 6) is 0.387. The zero-order chi connectivity index (χ0) is 13.7. The second kappa shape index (κ2) is 5.51. The highest BCUT2D eigenvalue weighted by molar-refractivity contribution is 5.99. The fourth-order valence-corrected chi connectivity index (χ4v) is 1.40. The number of pyridine rings is 1. The zero-order valence-electron chi connectivity index (χ0n) is 9.92. The summed E-state index contributed by atoms with van der Waals surface area (Å²) in [6, 6.07) is 11.4. The number of benzene rings is 1. The minimum atomic E-state index is -0.392. The molecule has 0 atom stereocenters. The standard InChI is InChI=1S/C13H11N5O/c14-7-9-1-3-10(4-2-9)17-13(19)18-11-5-6-12(15)16-8-11/h1-6,8H,(H2,15,16)(H2,17,18,19). The van der Waals surface area contributed by atoms with Crippen molar-refractivity contribution in [2.45, 2.75) is 0 Å². The Bertz CT molecular complexity index is 613. The Kier molecular flexibility index (Phi) is 3.59. The molecule has 0 unspecified atom stereocenters. The first-order valence-corrected chi connectivity index (χ1v) is 5.47. The van der Waals surface area contributed by atoms with Crippen molar-refractivity contribution in [1.82, 2.24) is 4.98 Å². The normalized spacial score (nSPS) is 9.42. The van der Waals surface area contributed by atoms with Crippen molar-refractivity contribution >= 4 is 23.2 Å². The number of carbonyl (C=O) groups excluding carboxylic acids is 1. The van der Waals surface area contributed by atoms with Crippen LogP contribution in [0.25, 0.3) is 0 Å². The summed E-state index contributed by atoms with van der Waals surface area (Å²) < 4.78 is 0. The van der Waals surface area contributed by atoms with E-state index in [1.54, 1.807) is 36.4 Å². The van der Waals surface area contributed by atoms with Crippen LogP contribution < -0.4 is 16.4 Å². The number of urea groups is 1. The molecule has 1 aromatic heterocycles. The van der Waals surface area contributed by atoms with E-state index in [9.17, 15) is 4.79 Å². The number of nitrogens with two attached hydrogens (primary N) is 1. The third kappa shape index (κ3) is 3.44. The van der Waals surface area contributed by atoms with Crippen LogP contribution in [0, 0.1) is 11.3 Å². The molecule has 6 heteroatoms. The maximum atomic E-state index is 11.7. The zero-order valence-corrected chi connectivity index (χ0v) is 9.92. The van der Waals surface area contributed by atoms with Gasteiger partial charge in [0, 0.05) is 5.69 Å². The Balaban J connectivity index is 1.97. The Morgan fingerprint density at radius 1 is 1.11 bits per heavy atom. The molecular formula is C13H11N5O. The Labute approximate surface area is 109 Å². The van der Waals surface area contributed by atoms with Crippen molar-refractivity contribution in [1.29, 1.82) is 5.26 Å². The predicted molar refractivity (Wildman–Crippen MR) is 72.4 cm³/mol. The summed E-state index contributed by atoms with van der Waals surface area (Å²) in [5.41, 5.74) is 7.12. The monoisotopic (exact) mass is 253 g/mol. The van der Waals surface area contributed by atoms with Crippen molar-refractivity contribution in [3.8, 4) is 6.07 Å². The van der Waals surface area contributed by atoms with Gasteiger partial charge in [0.25, 0.3) is 0 Å². The van der Waals surface area contributed by atoms with Crippen LogP contribution in [0.15, 0.2) is 42.6 Å². The summed E-state index contributed by atoms with van der Waals surface area (Å²) in [4.78, 5) is 15.5. The highest BCUT2D eigenvalue weighted by Crippen LogP contribution is 2.11. The third-order valence-electron chi connectivity index (χ3n) is 2.32. The first-order chi connectivity index (χ1) is 9.17. The van der Waals surface area contributed by atoms with Gasteiger partial charge in [-0.05, 0) is 36.4 Å². The summed E-state index contributed by atoms with van der Waals surface area (Å²) >= 11 is 0. The fourth-order valence-electron chi connectivity index (χ4n) is 1.40. The van der Waals surface area contributed by atoms with Crippen LogP contribution in [0.3, 0.4) is 0 Å². The van der Waals surface area contributed by atoms with Crippen LogP contribution >= 0.6 is 0 Å². The van der Waals surface area contributed by atoms with E-state index in [1.807, 2.05) is 6.07 Å². The van der Waals surface area contributed by atoms with Crippen molar-refractivity contribution in [2.24, 2.45) is 0 Å². The molecule has 0 spiro atoms. The number of carbonyl (C=O) groups is 1. The number of amides is 2. The summed E-state index contributed by atoms with van der Waals surface area (Å²) in [5, 5.41) is 13.9. The van der Waals surface area contributed by atoms with Crippen LogP contribution in [0.5, 0.6) is 0 Å². The smallest absolute Gasteiger partial charge is 0.323 e. The number of nitriles is 1. The number of anilines is 3. The van der Waals surface area contributed by atoms with E-state index in [-0.39, 0.29) is 0 Å². The van der Waals surface area contributed by atoms with E-state index in [2.05, 4.69) is 15.6 Å². The van der Waals surface area contributed by atoms with Crippen LogP contribution in [0.4, 0.5) is 22.0 Å². The molecule has 1 aromatic carbocycles. The molecule has 0 saturated carbocycles. The molecule has 6 nitrogen and oxygen atoms in total. The van der Waals surface area contributed by atoms with Crippen LogP contribution in [-0.4, -0.2) is 11.0 Å². The molecule has 2 rings (SSSR count). The third-order valence-corrected chi connectivity index (χ3v) is 2.32. The number of hydrogen-bond acceptors (Lipinski definition) is 4. The van der Waals surface area contributed by atoms with Crippen molar-refractivity contribution in [3.63, 3.8) is 0 Å². The van der Waals surface area contributed by atoms with E-state index < -0.39 is 6.03 Å². The van der Waals surface area contributed by atoms with Crippen LogP contribution in [-0.2, 0) is 0 Å². The second-order valence-electron chi connectivity index (χ2n) is 3.74. The van der Waals surface area contributed by atoms with E-state index in [1.165, 1.54) is 6.20 Å². The number of hydrogen-bond donors (Lipinski definition) is 3. The van der Waals surface area contributed by atoms with E-state index in [0.29, 0.717) is 22.8 Å². The van der Waals surface area contributed by atoms with Crippen molar-refractivity contribution in [3.05, 3.63) is 48.2 Å². The number of nitrogen functional groups attached to an aromatic ring is 1. The summed E-state index contributed by atoms with van der Waals surface area (Å²) in [6.07, 6.45) is 1.47. The molecule has 1 heterocycles. The predicted octanol–water partition coefficient (Wildman–Crippen LogP) is 2.18. The lowest BCUT2D eigenvalue weighted by Crippen LogP contribution is -2.19. The van der Waals surface area contributed by atoms with Gasteiger partial charge in [-0.2, -0.15) is 5.26 Å². The first kappa shape index (κ1) is 12.4. The maximum absolute atomic E-state index is 11.7. The van der Waals surface area contributed by atoms with Gasteiger partial charge in [-0.15, -0.1) is 0 Å². The minimum absolute atomic E-state index is 0.387. The van der Waals surface area contributed by atoms with Gasteiger partial charge in [0.15, 0.2) is 0 Å². The van der Waals surface area contributed by atoms with Gasteiger partial charge < -0.3 is 16.4 Å². The van der Waals surface area contributed by atoms with Crippen LogP contribution in [0.2, 0.25) is 0 Å². The molecule has 2 amide bonds. The molecule has 0 fully saturated rings. The SMILES string of the molecule is N#Cc1ccc(NC(=O)Nc2ccc(N)nc2)cc1. The minimum Gasteiger partial charge on any atom is -0.384 e. The van der Waals surface area contributed by atoms with Crippen molar-refractivity contribution < 1.29 is 4.79 Å². The molecule has 4 N–H and O–H groups in total. The van der Waals surface area contributed by atoms with Gasteiger partial charge in [-0.3, -0.25) is 0 Å². The lowest BCUT2D eigenvalue weighted by molar-refractivity contribution is 0.262. The number of nitrogens with one attached hydrogen (secondary N) is 2. The van der Waals surface area contributed by atoms with Crippen LogP contribution in [0.1, 0.15) is 5.56 Å². The molecule has 0 radical (unpaired) electrons. The van der Waals surface area contributed by atoms with Gasteiger partial charge >= 0.3 is 6.03 Å². The molecule has 0 aliphatic heterocycles. The Hall–Kier alpha value is -3.07. The quantitative estimate of drug-likeness (QED) is 0.762. The molecule has 2 aromatic rings. The Morgan fingerprint density at radius 3 is 2.32 bits per heavy atom. The van der Waals surface area contributed by atoms with Gasteiger partial charge in [-0.1, -0.05) is 0 Å². The molecule has 94 valence electrons. The van der Waals surface area contributed by atoms with E-state index in [4.69, 9.17) is 11.0 Å². The lowest BCUT2D eigenvalue weighted by atomic mass is 10.2. The molecular weight excluding hydrogens is 242 g/mol. The van der Waals surface area contributed by atoms with E-state index in [0.717, 1.165) is 0 Å². The van der Waals surface area contributed by atoms with Gasteiger partial charge in [0.2, 0.25) is 0 Å². The van der Waals surface area contributed by atoms with Crippen molar-refractivity contribution in [2.75, 3.05) is 16.4 Å². The molecule has 19 heavy (non-hydrogen) atoms. The molecule has 0 bridgehead atoms. The highest BCUT2D eigenvalue weighted by atomic mass is 16.2. The maximum Gasteiger partial charge on any atom is 0.323 e. The second-order valence-corrected chi connectivity index (χ2v) is 3.74. The molecule has 0 saturated heterocycles. The Morgan fingerprint density at radius 2 is 1.74 bits per heavy atom. The van der Waals surface area contributed by atoms with Gasteiger partial charge in [0.05, 0.1) is 23.5 Å². The van der Waals surface area contributed by atoms with Gasteiger partial charge in [0.1, 0.15) is 5.82 Å². The topological polar surface area (TPSA) is 104 Å². The average molecular weight is 253 g/mol. The number of nitrogens with zero attached hydrogens (tertiary/aromatic N) is 2. The first-order valence-electron chi connectivity index (χ1n) is 5.47. The summed E-state index contributed by atoms with van der Waals surface area (Å²) in [7, 11) is 0. The molecule has 0 aliphatic rings. The lowest BCUT2D eigenvalue weighted by Gasteiger charge is -2.07. The largest absolute Gasteiger partial charge is 0.384 e.